The Morgan fingerprint density at radius 1 is 1.27 bits per heavy atom. The van der Waals surface area contributed by atoms with Gasteiger partial charge in [-0.1, -0.05) is 0 Å². The lowest BCUT2D eigenvalue weighted by atomic mass is 10.1. The fraction of sp³-hybridized carbons (Fsp3) is 0.250. The van der Waals surface area contributed by atoms with Crippen LogP contribution < -0.4 is 4.74 Å². The molecule has 3 nitrogen and oxygen atoms in total. The number of hydrogen-bond acceptors (Lipinski definition) is 3. The molecule has 1 aromatic heterocycles. The van der Waals surface area contributed by atoms with Crippen LogP contribution in [0, 0.1) is 6.92 Å². The van der Waals surface area contributed by atoms with Gasteiger partial charge in [0.2, 0.25) is 0 Å². The molecule has 0 aliphatic heterocycles. The molecule has 1 aromatic carbocycles. The summed E-state index contributed by atoms with van der Waals surface area (Å²) in [5, 5.41) is 0. The average molecular weight is 203 g/mol. The fourth-order valence-corrected chi connectivity index (χ4v) is 1.45. The molecule has 0 radical (unpaired) electrons. The normalized spacial score (nSPS) is 10.3. The Bertz CT molecular complexity index is 431. The first-order chi connectivity index (χ1) is 7.31. The van der Waals surface area contributed by atoms with E-state index in [0.717, 1.165) is 22.8 Å². The zero-order chi connectivity index (χ0) is 10.7. The largest absolute Gasteiger partial charge is 0.494 e. The van der Waals surface area contributed by atoms with Gasteiger partial charge in [0.25, 0.3) is 0 Å². The van der Waals surface area contributed by atoms with E-state index >= 15 is 0 Å². The lowest BCUT2D eigenvalue weighted by Crippen LogP contribution is -1.90. The van der Waals surface area contributed by atoms with Gasteiger partial charge >= 0.3 is 0 Å². The van der Waals surface area contributed by atoms with Crippen molar-refractivity contribution in [3.05, 3.63) is 36.4 Å². The molecule has 0 fully saturated rings. The topological polar surface area (TPSA) is 35.3 Å². The molecule has 0 spiro atoms. The van der Waals surface area contributed by atoms with Crippen LogP contribution in [-0.2, 0) is 0 Å². The van der Waals surface area contributed by atoms with Crippen molar-refractivity contribution in [3.8, 4) is 17.1 Å². The van der Waals surface area contributed by atoms with E-state index in [9.17, 15) is 0 Å². The number of aryl methyl sites for hydroxylation is 1. The number of rotatable bonds is 3. The van der Waals surface area contributed by atoms with E-state index in [1.165, 1.54) is 6.39 Å². The summed E-state index contributed by atoms with van der Waals surface area (Å²) in [6.07, 6.45) is 1.46. The third-order valence-corrected chi connectivity index (χ3v) is 2.17. The fourth-order valence-electron chi connectivity index (χ4n) is 1.45. The van der Waals surface area contributed by atoms with Crippen molar-refractivity contribution in [3.63, 3.8) is 0 Å². The maximum absolute atomic E-state index is 5.36. The standard InChI is InChI=1S/C12H13NO2/c1-3-14-11-6-4-10(5-7-11)12-9(2)13-8-15-12/h4-8H,3H2,1-2H3. The monoisotopic (exact) mass is 203 g/mol. The minimum atomic E-state index is 0.681. The molecule has 0 bridgehead atoms. The lowest BCUT2D eigenvalue weighted by molar-refractivity contribution is 0.340. The van der Waals surface area contributed by atoms with Crippen molar-refractivity contribution < 1.29 is 9.15 Å². The molecule has 15 heavy (non-hydrogen) atoms. The first kappa shape index (κ1) is 9.77. The Morgan fingerprint density at radius 3 is 2.53 bits per heavy atom. The highest BCUT2D eigenvalue weighted by atomic mass is 16.5. The molecule has 0 amide bonds. The van der Waals surface area contributed by atoms with Gasteiger partial charge in [-0.05, 0) is 38.1 Å². The second-order valence-electron chi connectivity index (χ2n) is 3.22. The second-order valence-corrected chi connectivity index (χ2v) is 3.22. The summed E-state index contributed by atoms with van der Waals surface area (Å²) in [4.78, 5) is 4.05. The van der Waals surface area contributed by atoms with E-state index < -0.39 is 0 Å². The molecule has 0 saturated heterocycles. The van der Waals surface area contributed by atoms with Crippen molar-refractivity contribution >= 4 is 0 Å². The zero-order valence-corrected chi connectivity index (χ0v) is 8.86. The molecule has 0 saturated carbocycles. The van der Waals surface area contributed by atoms with E-state index in [1.807, 2.05) is 38.1 Å². The van der Waals surface area contributed by atoms with Crippen LogP contribution in [0.1, 0.15) is 12.6 Å². The smallest absolute Gasteiger partial charge is 0.181 e. The highest BCUT2D eigenvalue weighted by molar-refractivity contribution is 5.60. The molecule has 78 valence electrons. The number of hydrogen-bond donors (Lipinski definition) is 0. The minimum absolute atomic E-state index is 0.681. The van der Waals surface area contributed by atoms with Crippen LogP contribution >= 0.6 is 0 Å². The van der Waals surface area contributed by atoms with Gasteiger partial charge in [0.1, 0.15) is 5.75 Å². The quantitative estimate of drug-likeness (QED) is 0.769. The van der Waals surface area contributed by atoms with Gasteiger partial charge in [-0.2, -0.15) is 0 Å². The SMILES string of the molecule is CCOc1ccc(-c2ocnc2C)cc1. The minimum Gasteiger partial charge on any atom is -0.494 e. The lowest BCUT2D eigenvalue weighted by Gasteiger charge is -2.03. The molecule has 0 N–H and O–H groups in total. The average Bonchev–Trinajstić information content (AvgIpc) is 2.66. The second kappa shape index (κ2) is 4.17. The number of ether oxygens (including phenoxy) is 1. The Kier molecular flexibility index (Phi) is 2.72. The Labute approximate surface area is 88.7 Å². The van der Waals surface area contributed by atoms with Crippen molar-refractivity contribution in [2.75, 3.05) is 6.61 Å². The van der Waals surface area contributed by atoms with E-state index in [0.29, 0.717) is 6.61 Å². The highest BCUT2D eigenvalue weighted by Crippen LogP contribution is 2.24. The number of nitrogens with zero attached hydrogens (tertiary/aromatic N) is 1. The summed E-state index contributed by atoms with van der Waals surface area (Å²) in [5.41, 5.74) is 1.92. The summed E-state index contributed by atoms with van der Waals surface area (Å²) >= 11 is 0. The van der Waals surface area contributed by atoms with Crippen LogP contribution in [0.25, 0.3) is 11.3 Å². The molecule has 1 heterocycles. The summed E-state index contributed by atoms with van der Waals surface area (Å²) in [6, 6.07) is 7.80. The summed E-state index contributed by atoms with van der Waals surface area (Å²) in [5.74, 6) is 1.69. The van der Waals surface area contributed by atoms with Crippen molar-refractivity contribution in [2.24, 2.45) is 0 Å². The zero-order valence-electron chi connectivity index (χ0n) is 8.86. The van der Waals surface area contributed by atoms with Gasteiger partial charge in [0.15, 0.2) is 12.2 Å². The Hall–Kier alpha value is -1.77. The Morgan fingerprint density at radius 2 is 2.00 bits per heavy atom. The van der Waals surface area contributed by atoms with E-state index in [4.69, 9.17) is 9.15 Å². The van der Waals surface area contributed by atoms with Crippen molar-refractivity contribution in [1.29, 1.82) is 0 Å². The van der Waals surface area contributed by atoms with Crippen LogP contribution in [-0.4, -0.2) is 11.6 Å². The van der Waals surface area contributed by atoms with Gasteiger partial charge in [0.05, 0.1) is 12.3 Å². The summed E-state index contributed by atoms with van der Waals surface area (Å²) in [7, 11) is 0. The van der Waals surface area contributed by atoms with Gasteiger partial charge in [-0.15, -0.1) is 0 Å². The molecular formula is C12H13NO2. The van der Waals surface area contributed by atoms with Crippen LogP contribution in [0.5, 0.6) is 5.75 Å². The van der Waals surface area contributed by atoms with E-state index in [1.54, 1.807) is 0 Å². The van der Waals surface area contributed by atoms with E-state index in [2.05, 4.69) is 4.98 Å². The Balaban J connectivity index is 2.28. The van der Waals surface area contributed by atoms with Crippen LogP contribution in [0.3, 0.4) is 0 Å². The highest BCUT2D eigenvalue weighted by Gasteiger charge is 2.06. The predicted octanol–water partition coefficient (Wildman–Crippen LogP) is 3.05. The molecule has 2 aromatic rings. The molecule has 0 unspecified atom stereocenters. The number of aromatic nitrogens is 1. The predicted molar refractivity (Wildman–Crippen MR) is 57.8 cm³/mol. The van der Waals surface area contributed by atoms with Gasteiger partial charge in [0, 0.05) is 5.56 Å². The molecule has 0 aliphatic carbocycles. The summed E-state index contributed by atoms with van der Waals surface area (Å²) in [6.45, 7) is 4.57. The molecule has 0 atom stereocenters. The molecule has 0 aliphatic rings. The van der Waals surface area contributed by atoms with Crippen LogP contribution in [0.2, 0.25) is 0 Å². The molecule has 3 heteroatoms. The van der Waals surface area contributed by atoms with Gasteiger partial charge in [-0.25, -0.2) is 4.98 Å². The first-order valence-electron chi connectivity index (χ1n) is 4.94. The maximum atomic E-state index is 5.36. The number of benzene rings is 1. The van der Waals surface area contributed by atoms with Crippen molar-refractivity contribution in [1.82, 2.24) is 4.98 Å². The van der Waals surface area contributed by atoms with Crippen LogP contribution in [0.15, 0.2) is 35.1 Å². The third-order valence-electron chi connectivity index (χ3n) is 2.17. The van der Waals surface area contributed by atoms with Crippen LogP contribution in [0.4, 0.5) is 0 Å². The molecule has 2 rings (SSSR count). The maximum Gasteiger partial charge on any atom is 0.181 e. The van der Waals surface area contributed by atoms with E-state index in [-0.39, 0.29) is 0 Å². The number of oxazole rings is 1. The van der Waals surface area contributed by atoms with Gasteiger partial charge in [-0.3, -0.25) is 0 Å². The van der Waals surface area contributed by atoms with Gasteiger partial charge < -0.3 is 9.15 Å². The third kappa shape index (κ3) is 2.01. The first-order valence-corrected chi connectivity index (χ1v) is 4.94. The van der Waals surface area contributed by atoms with Crippen molar-refractivity contribution in [2.45, 2.75) is 13.8 Å². The molecular weight excluding hydrogens is 190 g/mol. The summed E-state index contributed by atoms with van der Waals surface area (Å²) < 4.78 is 10.7.